The lowest BCUT2D eigenvalue weighted by Gasteiger charge is -2.12. The Morgan fingerprint density at radius 2 is 1.79 bits per heavy atom. The predicted molar refractivity (Wildman–Crippen MR) is 89.7 cm³/mol. The monoisotopic (exact) mass is 351 g/mol. The van der Waals surface area contributed by atoms with Gasteiger partial charge in [0.25, 0.3) is 0 Å². The molecule has 2 aromatic carbocycles. The number of amides is 2. The van der Waals surface area contributed by atoms with E-state index in [2.05, 4.69) is 15.4 Å². The van der Waals surface area contributed by atoms with Crippen LogP contribution >= 0.6 is 0 Å². The van der Waals surface area contributed by atoms with Crippen molar-refractivity contribution in [3.05, 3.63) is 59.4 Å². The quantitative estimate of drug-likeness (QED) is 0.773. The lowest BCUT2D eigenvalue weighted by molar-refractivity contribution is 0.251. The Balaban J connectivity index is 2.05. The number of hydrogen-bond donors (Lipinski definition) is 3. The molecule has 0 aliphatic carbocycles. The molecule has 0 radical (unpaired) electrons. The molecule has 0 heterocycles. The third-order valence-electron chi connectivity index (χ3n) is 3.40. The van der Waals surface area contributed by atoms with E-state index in [1.54, 1.807) is 25.1 Å². The van der Waals surface area contributed by atoms with Crippen LogP contribution in [0.15, 0.2) is 47.4 Å². The largest absolute Gasteiger partial charge is 0.334 e. The van der Waals surface area contributed by atoms with Crippen molar-refractivity contribution in [3.63, 3.8) is 0 Å². The van der Waals surface area contributed by atoms with Crippen molar-refractivity contribution in [3.8, 4) is 0 Å². The summed E-state index contributed by atoms with van der Waals surface area (Å²) >= 11 is 0. The van der Waals surface area contributed by atoms with Crippen LogP contribution in [0.5, 0.6) is 0 Å². The Bertz CT molecular complexity index is 836. The van der Waals surface area contributed by atoms with Gasteiger partial charge in [0.1, 0.15) is 5.82 Å². The number of sulfonamides is 1. The lowest BCUT2D eigenvalue weighted by Crippen LogP contribution is -2.28. The molecule has 2 aromatic rings. The summed E-state index contributed by atoms with van der Waals surface area (Å²) in [5.41, 5.74) is 1.86. The molecule has 0 bridgehead atoms. The Kier molecular flexibility index (Phi) is 5.53. The third-order valence-corrected chi connectivity index (χ3v) is 4.81. The van der Waals surface area contributed by atoms with Gasteiger partial charge in [-0.15, -0.1) is 0 Å². The Hall–Kier alpha value is -2.45. The maximum Gasteiger partial charge on any atom is 0.319 e. The van der Waals surface area contributed by atoms with Crippen molar-refractivity contribution in [2.45, 2.75) is 18.4 Å². The number of benzene rings is 2. The van der Waals surface area contributed by atoms with E-state index in [4.69, 9.17) is 0 Å². The standard InChI is InChI=1S/C16H18FN3O3S/c1-11-3-8-14(24(22,23)18-2)9-15(11)20-16(21)19-10-12-4-6-13(17)7-5-12/h3-9,18H,10H2,1-2H3,(H2,19,20,21). The van der Waals surface area contributed by atoms with E-state index in [1.807, 2.05) is 0 Å². The highest BCUT2D eigenvalue weighted by molar-refractivity contribution is 7.89. The van der Waals surface area contributed by atoms with Gasteiger partial charge in [-0.05, 0) is 49.4 Å². The Morgan fingerprint density at radius 1 is 1.12 bits per heavy atom. The van der Waals surface area contributed by atoms with E-state index < -0.39 is 16.1 Å². The number of aryl methyl sites for hydroxylation is 1. The highest BCUT2D eigenvalue weighted by atomic mass is 32.2. The van der Waals surface area contributed by atoms with Gasteiger partial charge in [0.2, 0.25) is 10.0 Å². The van der Waals surface area contributed by atoms with Gasteiger partial charge in [0.15, 0.2) is 0 Å². The molecule has 0 saturated carbocycles. The maximum absolute atomic E-state index is 12.8. The number of carbonyl (C=O) groups excluding carboxylic acids is 1. The van der Waals surface area contributed by atoms with Crippen LogP contribution in [0.4, 0.5) is 14.9 Å². The molecule has 128 valence electrons. The van der Waals surface area contributed by atoms with Crippen LogP contribution in [0, 0.1) is 12.7 Å². The molecule has 0 saturated heterocycles. The zero-order chi connectivity index (χ0) is 17.7. The summed E-state index contributed by atoms with van der Waals surface area (Å²) in [5.74, 6) is -0.346. The van der Waals surface area contributed by atoms with Crippen molar-refractivity contribution in [1.82, 2.24) is 10.0 Å². The average molecular weight is 351 g/mol. The Labute approximate surface area is 140 Å². The summed E-state index contributed by atoms with van der Waals surface area (Å²) in [6.07, 6.45) is 0. The molecule has 0 spiro atoms. The number of hydrogen-bond acceptors (Lipinski definition) is 3. The number of anilines is 1. The maximum atomic E-state index is 12.8. The van der Waals surface area contributed by atoms with Gasteiger partial charge >= 0.3 is 6.03 Å². The second-order valence-electron chi connectivity index (χ2n) is 5.12. The molecule has 0 atom stereocenters. The van der Waals surface area contributed by atoms with Crippen molar-refractivity contribution in [2.75, 3.05) is 12.4 Å². The molecule has 24 heavy (non-hydrogen) atoms. The van der Waals surface area contributed by atoms with Crippen molar-refractivity contribution >= 4 is 21.7 Å². The lowest BCUT2D eigenvalue weighted by atomic mass is 10.2. The van der Waals surface area contributed by atoms with Gasteiger partial charge in [-0.3, -0.25) is 0 Å². The van der Waals surface area contributed by atoms with Gasteiger partial charge < -0.3 is 10.6 Å². The molecule has 0 aliphatic heterocycles. The fourth-order valence-corrected chi connectivity index (χ4v) is 2.73. The number of halogens is 1. The first-order valence-corrected chi connectivity index (χ1v) is 8.63. The number of nitrogens with one attached hydrogen (secondary N) is 3. The van der Waals surface area contributed by atoms with Crippen LogP contribution in [-0.4, -0.2) is 21.5 Å². The number of rotatable bonds is 5. The summed E-state index contributed by atoms with van der Waals surface area (Å²) in [6, 6.07) is 9.74. The topological polar surface area (TPSA) is 87.3 Å². The zero-order valence-electron chi connectivity index (χ0n) is 13.3. The SMILES string of the molecule is CNS(=O)(=O)c1ccc(C)c(NC(=O)NCc2ccc(F)cc2)c1. The zero-order valence-corrected chi connectivity index (χ0v) is 14.1. The van der Waals surface area contributed by atoms with E-state index in [-0.39, 0.29) is 17.3 Å². The van der Waals surface area contributed by atoms with Gasteiger partial charge in [0, 0.05) is 12.2 Å². The van der Waals surface area contributed by atoms with Crippen LogP contribution in [-0.2, 0) is 16.6 Å². The summed E-state index contributed by atoms with van der Waals surface area (Å²) in [5, 5.41) is 5.24. The van der Waals surface area contributed by atoms with Crippen molar-refractivity contribution in [2.24, 2.45) is 0 Å². The van der Waals surface area contributed by atoms with Gasteiger partial charge in [-0.2, -0.15) is 0 Å². The molecular weight excluding hydrogens is 333 g/mol. The normalized spacial score (nSPS) is 11.1. The first kappa shape index (κ1) is 17.9. The van der Waals surface area contributed by atoms with Crippen molar-refractivity contribution < 1.29 is 17.6 Å². The summed E-state index contributed by atoms with van der Waals surface area (Å²) in [7, 11) is -2.27. The Morgan fingerprint density at radius 3 is 2.42 bits per heavy atom. The van der Waals surface area contributed by atoms with Crippen LogP contribution in [0.25, 0.3) is 0 Å². The van der Waals surface area contributed by atoms with Gasteiger partial charge in [-0.25, -0.2) is 22.3 Å². The highest BCUT2D eigenvalue weighted by Crippen LogP contribution is 2.20. The van der Waals surface area contributed by atoms with Crippen LogP contribution in [0.2, 0.25) is 0 Å². The molecular formula is C16H18FN3O3S. The molecule has 2 rings (SSSR count). The van der Waals surface area contributed by atoms with Gasteiger partial charge in [0.05, 0.1) is 4.90 Å². The smallest absolute Gasteiger partial charge is 0.319 e. The minimum atomic E-state index is -3.59. The first-order valence-electron chi connectivity index (χ1n) is 7.15. The second-order valence-corrected chi connectivity index (χ2v) is 7.00. The minimum absolute atomic E-state index is 0.0597. The van der Waals surface area contributed by atoms with Gasteiger partial charge in [-0.1, -0.05) is 18.2 Å². The molecule has 0 aliphatic rings. The van der Waals surface area contributed by atoms with E-state index in [0.29, 0.717) is 5.69 Å². The fourth-order valence-electron chi connectivity index (χ4n) is 1.97. The molecule has 8 heteroatoms. The minimum Gasteiger partial charge on any atom is -0.334 e. The van der Waals surface area contributed by atoms with Crippen LogP contribution in [0.1, 0.15) is 11.1 Å². The first-order chi connectivity index (χ1) is 11.3. The van der Waals surface area contributed by atoms with E-state index in [0.717, 1.165) is 11.1 Å². The van der Waals surface area contributed by atoms with Crippen LogP contribution in [0.3, 0.4) is 0 Å². The summed E-state index contributed by atoms with van der Waals surface area (Å²) in [6.45, 7) is 1.98. The van der Waals surface area contributed by atoms with E-state index in [9.17, 15) is 17.6 Å². The molecule has 2 amide bonds. The van der Waals surface area contributed by atoms with E-state index >= 15 is 0 Å². The predicted octanol–water partition coefficient (Wildman–Crippen LogP) is 2.36. The van der Waals surface area contributed by atoms with E-state index in [1.165, 1.54) is 31.3 Å². The number of urea groups is 1. The molecule has 6 nitrogen and oxygen atoms in total. The molecule has 3 N–H and O–H groups in total. The molecule has 0 aromatic heterocycles. The average Bonchev–Trinajstić information content (AvgIpc) is 2.56. The summed E-state index contributed by atoms with van der Waals surface area (Å²) in [4.78, 5) is 12.0. The fraction of sp³-hybridized carbons (Fsp3) is 0.188. The molecule has 0 unspecified atom stereocenters. The molecule has 0 fully saturated rings. The van der Waals surface area contributed by atoms with Crippen molar-refractivity contribution in [1.29, 1.82) is 0 Å². The second kappa shape index (κ2) is 7.41. The summed E-state index contributed by atoms with van der Waals surface area (Å²) < 4.78 is 38.7. The van der Waals surface area contributed by atoms with Crippen LogP contribution < -0.4 is 15.4 Å². The third kappa shape index (κ3) is 4.53. The number of carbonyl (C=O) groups is 1. The highest BCUT2D eigenvalue weighted by Gasteiger charge is 2.14.